The third kappa shape index (κ3) is 6.81. The van der Waals surface area contributed by atoms with Gasteiger partial charge in [-0.15, -0.1) is 0 Å². The number of carbonyl (C=O) groups excluding carboxylic acids is 1. The number of alkyl halides is 6. The summed E-state index contributed by atoms with van der Waals surface area (Å²) in [4.78, 5) is 24.5. The predicted molar refractivity (Wildman–Crippen MR) is 100 cm³/mol. The highest BCUT2D eigenvalue weighted by molar-refractivity contribution is 5.95. The van der Waals surface area contributed by atoms with E-state index in [1.165, 1.54) is 6.07 Å². The van der Waals surface area contributed by atoms with Crippen molar-refractivity contribution >= 4 is 17.6 Å². The average Bonchev–Trinajstić information content (AvgIpc) is 2.67. The average molecular weight is 472 g/mol. The second-order valence-electron chi connectivity index (χ2n) is 7.82. The highest BCUT2D eigenvalue weighted by Gasteiger charge is 2.49. The molecule has 0 saturated carbocycles. The molecule has 1 aromatic rings. The molecule has 180 valence electrons. The van der Waals surface area contributed by atoms with Crippen LogP contribution in [0.1, 0.15) is 31.7 Å². The van der Waals surface area contributed by atoms with Gasteiger partial charge in [-0.2, -0.15) is 26.3 Å². The lowest BCUT2D eigenvalue weighted by atomic mass is 9.91. The van der Waals surface area contributed by atoms with Crippen LogP contribution in [-0.2, 0) is 16.0 Å². The number of nitrogens with one attached hydrogen (secondary N) is 1. The molecule has 2 N–H and O–H groups in total. The summed E-state index contributed by atoms with van der Waals surface area (Å²) in [6, 6.07) is 1.50. The van der Waals surface area contributed by atoms with Crippen molar-refractivity contribution in [2.45, 2.75) is 51.0 Å². The second-order valence-corrected chi connectivity index (χ2v) is 7.82. The highest BCUT2D eigenvalue weighted by Crippen LogP contribution is 2.37. The highest BCUT2D eigenvalue weighted by atomic mass is 19.4. The Hall–Kier alpha value is -2.37. The van der Waals surface area contributed by atoms with Crippen molar-refractivity contribution in [3.63, 3.8) is 0 Å². The molecule has 1 heterocycles. The van der Waals surface area contributed by atoms with Gasteiger partial charge in [0.25, 0.3) is 0 Å². The first-order chi connectivity index (χ1) is 14.7. The molecule has 1 aliphatic rings. The molecule has 1 fully saturated rings. The van der Waals surface area contributed by atoms with Crippen LogP contribution >= 0.6 is 0 Å². The number of halogens is 7. The number of amides is 1. The van der Waals surface area contributed by atoms with Gasteiger partial charge in [0.2, 0.25) is 5.91 Å². The molecular formula is C20H23F7N2O3. The summed E-state index contributed by atoms with van der Waals surface area (Å²) >= 11 is 0. The van der Waals surface area contributed by atoms with Crippen LogP contribution in [-0.4, -0.2) is 53.4 Å². The number of hydrogen-bond donors (Lipinski definition) is 2. The van der Waals surface area contributed by atoms with E-state index in [1.54, 1.807) is 0 Å². The van der Waals surface area contributed by atoms with Gasteiger partial charge in [0.05, 0.1) is 17.5 Å². The minimum Gasteiger partial charge on any atom is -0.481 e. The quantitative estimate of drug-likeness (QED) is 0.569. The van der Waals surface area contributed by atoms with Gasteiger partial charge >= 0.3 is 18.3 Å². The maximum atomic E-state index is 14.2. The number of likely N-dealkylation sites (tertiary alicyclic amines) is 1. The Labute approximate surface area is 179 Å². The maximum absolute atomic E-state index is 14.2. The molecular weight excluding hydrogens is 449 g/mol. The van der Waals surface area contributed by atoms with Crippen LogP contribution in [0, 0.1) is 17.7 Å². The number of piperidine rings is 1. The Kier molecular flexibility index (Phi) is 8.13. The molecule has 1 aliphatic heterocycles. The van der Waals surface area contributed by atoms with E-state index in [2.05, 4.69) is 5.32 Å². The number of hydrogen-bond acceptors (Lipinski definition) is 3. The summed E-state index contributed by atoms with van der Waals surface area (Å²) in [6.45, 7) is 0.00731. The van der Waals surface area contributed by atoms with Crippen molar-refractivity contribution < 1.29 is 45.4 Å². The van der Waals surface area contributed by atoms with E-state index in [-0.39, 0.29) is 25.9 Å². The topological polar surface area (TPSA) is 69.6 Å². The molecule has 2 atom stereocenters. The molecule has 12 heteroatoms. The zero-order valence-electron chi connectivity index (χ0n) is 17.1. The molecule has 32 heavy (non-hydrogen) atoms. The second kappa shape index (κ2) is 10.1. The lowest BCUT2D eigenvalue weighted by Gasteiger charge is -2.40. The zero-order chi connectivity index (χ0) is 24.3. The van der Waals surface area contributed by atoms with E-state index in [4.69, 9.17) is 5.11 Å². The van der Waals surface area contributed by atoms with Crippen molar-refractivity contribution in [3.05, 3.63) is 29.6 Å². The molecule has 0 spiro atoms. The van der Waals surface area contributed by atoms with Crippen LogP contribution in [0.25, 0.3) is 0 Å². The molecule has 0 aromatic heterocycles. The van der Waals surface area contributed by atoms with E-state index in [0.717, 1.165) is 24.0 Å². The summed E-state index contributed by atoms with van der Waals surface area (Å²) in [5.41, 5.74) is -0.0852. The fourth-order valence-corrected chi connectivity index (χ4v) is 3.67. The van der Waals surface area contributed by atoms with Gasteiger partial charge in [-0.05, 0) is 50.0 Å². The zero-order valence-corrected chi connectivity index (χ0v) is 17.1. The van der Waals surface area contributed by atoms with Crippen LogP contribution in [0.15, 0.2) is 18.2 Å². The third-order valence-electron chi connectivity index (χ3n) is 5.56. The lowest BCUT2D eigenvalue weighted by molar-refractivity contribution is -0.200. The normalized spacial score (nSPS) is 18.2. The Balaban J connectivity index is 2.23. The minimum absolute atomic E-state index is 0.00578. The number of aryl methyl sites for hydroxylation is 1. The van der Waals surface area contributed by atoms with E-state index >= 15 is 0 Å². The van der Waals surface area contributed by atoms with Crippen LogP contribution in [0.3, 0.4) is 0 Å². The van der Waals surface area contributed by atoms with Gasteiger partial charge in [-0.3, -0.25) is 14.5 Å². The van der Waals surface area contributed by atoms with Crippen LogP contribution in [0.2, 0.25) is 0 Å². The van der Waals surface area contributed by atoms with E-state index < -0.39 is 66.5 Å². The van der Waals surface area contributed by atoms with Crippen molar-refractivity contribution in [1.29, 1.82) is 0 Å². The minimum atomic E-state index is -4.81. The van der Waals surface area contributed by atoms with Crippen molar-refractivity contribution in [3.8, 4) is 0 Å². The Bertz CT molecular complexity index is 818. The molecule has 0 unspecified atom stereocenters. The molecule has 5 nitrogen and oxygen atoms in total. The lowest BCUT2D eigenvalue weighted by Crippen LogP contribution is -2.55. The number of carbonyl (C=O) groups is 2. The first-order valence-corrected chi connectivity index (χ1v) is 9.88. The molecule has 2 rings (SSSR count). The standard InChI is InChI=1S/C20H23F7N2O3/c1-11(19(22,23)24)17(29-8-6-13(7-9-29)20(25,26)27)18(32)28-15-10-12(2-4-14(15)21)3-5-16(30)31/h2,4,10-11,13,17H,3,5-9H2,1H3,(H,28,32)(H,30,31)/t11-,17-/m1/s1. The third-order valence-corrected chi connectivity index (χ3v) is 5.56. The van der Waals surface area contributed by atoms with Gasteiger partial charge in [-0.1, -0.05) is 13.0 Å². The predicted octanol–water partition coefficient (Wildman–Crippen LogP) is 4.62. The molecule has 0 aliphatic carbocycles. The van der Waals surface area contributed by atoms with Crippen molar-refractivity contribution in [2.24, 2.45) is 11.8 Å². The van der Waals surface area contributed by atoms with Crippen LogP contribution in [0.5, 0.6) is 0 Å². The maximum Gasteiger partial charge on any atom is 0.393 e. The molecule has 1 saturated heterocycles. The molecule has 0 radical (unpaired) electrons. The van der Waals surface area contributed by atoms with Crippen LogP contribution < -0.4 is 5.32 Å². The molecule has 1 aromatic carbocycles. The summed E-state index contributed by atoms with van der Waals surface area (Å²) in [5.74, 6) is -7.13. The SMILES string of the molecule is C[C@H]([C@H](C(=O)Nc1cc(CCC(=O)O)ccc1F)N1CCC(C(F)(F)F)CC1)C(F)(F)F. The number of nitrogens with zero attached hydrogens (tertiary/aromatic N) is 1. The van der Waals surface area contributed by atoms with Crippen molar-refractivity contribution in [1.82, 2.24) is 4.90 Å². The summed E-state index contributed by atoms with van der Waals surface area (Å²) < 4.78 is 93.1. The first-order valence-electron chi connectivity index (χ1n) is 9.88. The summed E-state index contributed by atoms with van der Waals surface area (Å²) in [5, 5.41) is 10.8. The fourth-order valence-electron chi connectivity index (χ4n) is 3.67. The Morgan fingerprint density at radius 3 is 2.25 bits per heavy atom. The first kappa shape index (κ1) is 25.9. The van der Waals surface area contributed by atoms with E-state index in [9.17, 15) is 40.3 Å². The van der Waals surface area contributed by atoms with Gasteiger partial charge in [-0.25, -0.2) is 4.39 Å². The Morgan fingerprint density at radius 2 is 1.75 bits per heavy atom. The number of aliphatic carboxylic acids is 1. The van der Waals surface area contributed by atoms with Gasteiger partial charge in [0, 0.05) is 6.42 Å². The number of anilines is 1. The van der Waals surface area contributed by atoms with E-state index in [0.29, 0.717) is 5.56 Å². The number of carboxylic acids is 1. The molecule has 1 amide bonds. The van der Waals surface area contributed by atoms with Gasteiger partial charge in [0.15, 0.2) is 0 Å². The van der Waals surface area contributed by atoms with Crippen LogP contribution in [0.4, 0.5) is 36.4 Å². The summed E-state index contributed by atoms with van der Waals surface area (Å²) in [6.07, 6.45) is -10.5. The number of carboxylic acid groups (broad SMARTS) is 1. The molecule has 0 bridgehead atoms. The Morgan fingerprint density at radius 1 is 1.16 bits per heavy atom. The van der Waals surface area contributed by atoms with Gasteiger partial charge in [0.1, 0.15) is 11.9 Å². The monoisotopic (exact) mass is 472 g/mol. The number of rotatable bonds is 7. The summed E-state index contributed by atoms with van der Waals surface area (Å²) in [7, 11) is 0. The van der Waals surface area contributed by atoms with E-state index in [1.807, 2.05) is 0 Å². The van der Waals surface area contributed by atoms with Gasteiger partial charge < -0.3 is 10.4 Å². The smallest absolute Gasteiger partial charge is 0.393 e. The number of benzene rings is 1. The fraction of sp³-hybridized carbons (Fsp3) is 0.600. The largest absolute Gasteiger partial charge is 0.481 e. The van der Waals surface area contributed by atoms with Crippen molar-refractivity contribution in [2.75, 3.05) is 18.4 Å².